The minimum Gasteiger partial charge on any atom is -0.481 e. The molecule has 0 bridgehead atoms. The van der Waals surface area contributed by atoms with Crippen molar-refractivity contribution in [2.24, 2.45) is 0 Å². The van der Waals surface area contributed by atoms with Crippen molar-refractivity contribution in [2.75, 3.05) is 13.7 Å². The first-order valence-corrected chi connectivity index (χ1v) is 8.51. The van der Waals surface area contributed by atoms with Crippen molar-refractivity contribution in [1.82, 2.24) is 4.98 Å². The molecule has 0 saturated carbocycles. The fourth-order valence-corrected chi connectivity index (χ4v) is 3.35. The maximum absolute atomic E-state index is 10.6. The molecule has 138 valence electrons. The molecule has 6 atom stereocenters. The number of benzene rings is 1. The molecule has 0 amide bonds. The minimum atomic E-state index is -1.14. The monoisotopic (exact) mass is 359 g/mol. The van der Waals surface area contributed by atoms with Crippen molar-refractivity contribution >= 4 is 0 Å². The number of rotatable bonds is 3. The van der Waals surface area contributed by atoms with E-state index in [9.17, 15) is 10.2 Å². The van der Waals surface area contributed by atoms with Crippen LogP contribution < -0.4 is 4.74 Å². The van der Waals surface area contributed by atoms with E-state index in [0.29, 0.717) is 11.4 Å². The number of pyridine rings is 1. The maximum atomic E-state index is 10.6. The Kier molecular flexibility index (Phi) is 4.88. The standard InChI is InChI=1S/C19H21NO6/c1-23-14-8-7-12(9-20-14)17-15(21)16(22)18-13(25-17)10-24-19(26-18)11-5-3-2-4-6-11/h2-9,13,15-19,21-22H,10H2,1H3/t13-,15-,16-,17+,18-,19?/m1/s1. The summed E-state index contributed by atoms with van der Waals surface area (Å²) in [5.74, 6) is 0.465. The highest BCUT2D eigenvalue weighted by molar-refractivity contribution is 5.22. The van der Waals surface area contributed by atoms with Gasteiger partial charge in [0.2, 0.25) is 5.88 Å². The molecule has 0 radical (unpaired) electrons. The van der Waals surface area contributed by atoms with Crippen LogP contribution in [0.25, 0.3) is 0 Å². The third-order valence-electron chi connectivity index (χ3n) is 4.75. The van der Waals surface area contributed by atoms with Crippen LogP contribution in [0.1, 0.15) is 23.5 Å². The van der Waals surface area contributed by atoms with Gasteiger partial charge in [-0.05, 0) is 6.07 Å². The van der Waals surface area contributed by atoms with Gasteiger partial charge in [0.25, 0.3) is 0 Å². The van der Waals surface area contributed by atoms with Crippen LogP contribution in [0.3, 0.4) is 0 Å². The Labute approximate surface area is 151 Å². The summed E-state index contributed by atoms with van der Waals surface area (Å²) in [5, 5.41) is 21.2. The van der Waals surface area contributed by atoms with Gasteiger partial charge in [0.05, 0.1) is 13.7 Å². The first-order valence-electron chi connectivity index (χ1n) is 8.51. The largest absolute Gasteiger partial charge is 0.481 e. The molecule has 2 aliphatic heterocycles. The second-order valence-corrected chi connectivity index (χ2v) is 6.39. The average Bonchev–Trinajstić information content (AvgIpc) is 2.71. The molecular formula is C19H21NO6. The summed E-state index contributed by atoms with van der Waals surface area (Å²) >= 11 is 0. The Balaban J connectivity index is 1.51. The van der Waals surface area contributed by atoms with Crippen LogP contribution in [0.5, 0.6) is 5.88 Å². The van der Waals surface area contributed by atoms with Gasteiger partial charge in [-0.1, -0.05) is 30.3 Å². The molecule has 1 unspecified atom stereocenters. The van der Waals surface area contributed by atoms with Gasteiger partial charge in [0.15, 0.2) is 6.29 Å². The van der Waals surface area contributed by atoms with Gasteiger partial charge < -0.3 is 29.2 Å². The number of nitrogens with zero attached hydrogens (tertiary/aromatic N) is 1. The van der Waals surface area contributed by atoms with E-state index in [2.05, 4.69) is 4.98 Å². The van der Waals surface area contributed by atoms with Crippen LogP contribution in [0.2, 0.25) is 0 Å². The number of methoxy groups -OCH3 is 1. The number of aliphatic hydroxyl groups excluding tert-OH is 2. The lowest BCUT2D eigenvalue weighted by atomic mass is 9.91. The van der Waals surface area contributed by atoms with Gasteiger partial charge in [-0.2, -0.15) is 0 Å². The van der Waals surface area contributed by atoms with Crippen molar-refractivity contribution in [3.63, 3.8) is 0 Å². The van der Waals surface area contributed by atoms with E-state index in [4.69, 9.17) is 18.9 Å². The number of aliphatic hydroxyl groups is 2. The Bertz CT molecular complexity index is 723. The summed E-state index contributed by atoms with van der Waals surface area (Å²) in [6.07, 6.45) is -3.15. The Hall–Kier alpha value is -2.03. The zero-order chi connectivity index (χ0) is 18.1. The molecule has 0 aliphatic carbocycles. The van der Waals surface area contributed by atoms with E-state index >= 15 is 0 Å². The maximum Gasteiger partial charge on any atom is 0.212 e. The zero-order valence-corrected chi connectivity index (χ0v) is 14.3. The van der Waals surface area contributed by atoms with Crippen LogP contribution in [-0.4, -0.2) is 53.3 Å². The molecule has 2 aromatic rings. The van der Waals surface area contributed by atoms with E-state index in [1.807, 2.05) is 30.3 Å². The quantitative estimate of drug-likeness (QED) is 0.855. The lowest BCUT2D eigenvalue weighted by molar-refractivity contribution is -0.330. The molecule has 7 heteroatoms. The molecule has 3 heterocycles. The van der Waals surface area contributed by atoms with Crippen LogP contribution in [-0.2, 0) is 14.2 Å². The van der Waals surface area contributed by atoms with Crippen LogP contribution >= 0.6 is 0 Å². The Morgan fingerprint density at radius 2 is 1.81 bits per heavy atom. The molecule has 4 rings (SSSR count). The lowest BCUT2D eigenvalue weighted by Gasteiger charge is -2.46. The van der Waals surface area contributed by atoms with Gasteiger partial charge in [-0.3, -0.25) is 0 Å². The third-order valence-corrected chi connectivity index (χ3v) is 4.75. The van der Waals surface area contributed by atoms with E-state index in [1.54, 1.807) is 18.3 Å². The zero-order valence-electron chi connectivity index (χ0n) is 14.3. The molecule has 7 nitrogen and oxygen atoms in total. The summed E-state index contributed by atoms with van der Waals surface area (Å²) < 4.78 is 22.7. The average molecular weight is 359 g/mol. The molecule has 2 fully saturated rings. The fourth-order valence-electron chi connectivity index (χ4n) is 3.35. The molecule has 1 aromatic heterocycles. The van der Waals surface area contributed by atoms with Crippen molar-refractivity contribution < 1.29 is 29.2 Å². The highest BCUT2D eigenvalue weighted by Crippen LogP contribution is 2.38. The van der Waals surface area contributed by atoms with Crippen LogP contribution in [0, 0.1) is 0 Å². The second-order valence-electron chi connectivity index (χ2n) is 6.39. The van der Waals surface area contributed by atoms with E-state index in [1.165, 1.54) is 7.11 Å². The molecule has 2 N–H and O–H groups in total. The van der Waals surface area contributed by atoms with Crippen molar-refractivity contribution in [1.29, 1.82) is 0 Å². The minimum absolute atomic E-state index is 0.258. The van der Waals surface area contributed by atoms with E-state index in [-0.39, 0.29) is 6.61 Å². The number of ether oxygens (including phenoxy) is 4. The smallest absolute Gasteiger partial charge is 0.212 e. The van der Waals surface area contributed by atoms with E-state index in [0.717, 1.165) is 5.56 Å². The Morgan fingerprint density at radius 1 is 1.00 bits per heavy atom. The lowest BCUT2D eigenvalue weighted by Crippen LogP contribution is -2.59. The van der Waals surface area contributed by atoms with Crippen LogP contribution in [0.15, 0.2) is 48.7 Å². The number of aromatic nitrogens is 1. The summed E-state index contributed by atoms with van der Waals surface area (Å²) in [4.78, 5) is 4.13. The normalized spacial score (nSPS) is 34.1. The van der Waals surface area contributed by atoms with Crippen molar-refractivity contribution in [3.8, 4) is 5.88 Å². The fraction of sp³-hybridized carbons (Fsp3) is 0.421. The van der Waals surface area contributed by atoms with Crippen molar-refractivity contribution in [3.05, 3.63) is 59.8 Å². The predicted molar refractivity (Wildman–Crippen MR) is 90.4 cm³/mol. The van der Waals surface area contributed by atoms with Crippen molar-refractivity contribution in [2.45, 2.75) is 36.8 Å². The third kappa shape index (κ3) is 3.20. The number of fused-ring (bicyclic) bond motifs is 1. The topological polar surface area (TPSA) is 90.3 Å². The molecule has 0 spiro atoms. The van der Waals surface area contributed by atoms with Gasteiger partial charge in [0, 0.05) is 23.4 Å². The SMILES string of the molecule is COc1ccc([C@@H]2O[C@@H]3COC(c4ccccc4)O[C@H]3[C@H](O)[C@H]2O)cn1. The first-order chi connectivity index (χ1) is 12.7. The van der Waals surface area contributed by atoms with Gasteiger partial charge >= 0.3 is 0 Å². The molecule has 1 aromatic carbocycles. The highest BCUT2D eigenvalue weighted by atomic mass is 16.7. The van der Waals surface area contributed by atoms with Gasteiger partial charge in [-0.15, -0.1) is 0 Å². The van der Waals surface area contributed by atoms with Crippen LogP contribution in [0.4, 0.5) is 0 Å². The number of hydrogen-bond donors (Lipinski definition) is 2. The molecular weight excluding hydrogens is 338 g/mol. The summed E-state index contributed by atoms with van der Waals surface area (Å²) in [6, 6.07) is 12.9. The Morgan fingerprint density at radius 3 is 2.50 bits per heavy atom. The highest BCUT2D eigenvalue weighted by Gasteiger charge is 2.49. The molecule has 26 heavy (non-hydrogen) atoms. The molecule has 2 aliphatic rings. The summed E-state index contributed by atoms with van der Waals surface area (Å²) in [6.45, 7) is 0.258. The van der Waals surface area contributed by atoms with Gasteiger partial charge in [0.1, 0.15) is 30.5 Å². The first kappa shape index (κ1) is 17.4. The van der Waals surface area contributed by atoms with Gasteiger partial charge in [-0.25, -0.2) is 4.98 Å². The second kappa shape index (κ2) is 7.30. The number of hydrogen-bond acceptors (Lipinski definition) is 7. The summed E-state index contributed by atoms with van der Waals surface area (Å²) in [7, 11) is 1.53. The predicted octanol–water partition coefficient (Wildman–Crippen LogP) is 1.37. The molecule has 2 saturated heterocycles. The van der Waals surface area contributed by atoms with E-state index < -0.39 is 36.8 Å². The summed E-state index contributed by atoms with van der Waals surface area (Å²) in [5.41, 5.74) is 1.51.